The van der Waals surface area contributed by atoms with Gasteiger partial charge in [-0.1, -0.05) is 38.8 Å². The predicted molar refractivity (Wildman–Crippen MR) is 88.7 cm³/mol. The first-order valence-corrected chi connectivity index (χ1v) is 8.73. The van der Waals surface area contributed by atoms with Crippen LogP contribution in [0.3, 0.4) is 0 Å². The van der Waals surface area contributed by atoms with E-state index in [1.54, 1.807) is 11.3 Å². The van der Waals surface area contributed by atoms with Gasteiger partial charge in [-0.25, -0.2) is 0 Å². The Labute approximate surface area is 134 Å². The van der Waals surface area contributed by atoms with E-state index in [0.29, 0.717) is 6.04 Å². The van der Waals surface area contributed by atoms with Gasteiger partial charge in [-0.3, -0.25) is 4.98 Å². The molecule has 0 bridgehead atoms. The maximum atomic E-state index is 4.16. The van der Waals surface area contributed by atoms with Gasteiger partial charge in [0.25, 0.3) is 0 Å². The maximum Gasteiger partial charge on any atom is 0.0794 e. The summed E-state index contributed by atoms with van der Waals surface area (Å²) in [6.07, 6.45) is 4.06. The van der Waals surface area contributed by atoms with Crippen LogP contribution in [-0.2, 0) is 6.42 Å². The normalized spacial score (nSPS) is 12.6. The summed E-state index contributed by atoms with van der Waals surface area (Å²) in [5, 5.41) is 3.62. The van der Waals surface area contributed by atoms with Crippen LogP contribution in [0.5, 0.6) is 0 Å². The SMILES string of the molecule is CCCNC(Cc1cncs1)c1cc(Br)ccc1Br. The van der Waals surface area contributed by atoms with E-state index in [9.17, 15) is 0 Å². The van der Waals surface area contributed by atoms with Gasteiger partial charge in [-0.05, 0) is 36.7 Å². The molecule has 0 saturated carbocycles. The topological polar surface area (TPSA) is 24.9 Å². The Kier molecular flexibility index (Phi) is 6.01. The summed E-state index contributed by atoms with van der Waals surface area (Å²) in [6, 6.07) is 6.63. The molecule has 2 aromatic rings. The lowest BCUT2D eigenvalue weighted by atomic mass is 10.0. The summed E-state index contributed by atoms with van der Waals surface area (Å²) < 4.78 is 2.26. The predicted octanol–water partition coefficient (Wildman–Crippen LogP) is 4.95. The second-order valence-corrected chi connectivity index (χ2v) is 7.09. The van der Waals surface area contributed by atoms with Crippen LogP contribution in [0, 0.1) is 0 Å². The van der Waals surface area contributed by atoms with E-state index in [2.05, 4.69) is 67.3 Å². The molecule has 0 saturated heterocycles. The van der Waals surface area contributed by atoms with Gasteiger partial charge in [-0.2, -0.15) is 0 Å². The van der Waals surface area contributed by atoms with Crippen molar-refractivity contribution in [3.8, 4) is 0 Å². The van der Waals surface area contributed by atoms with Gasteiger partial charge >= 0.3 is 0 Å². The van der Waals surface area contributed by atoms with Crippen molar-refractivity contribution in [1.29, 1.82) is 0 Å². The molecule has 0 spiro atoms. The highest BCUT2D eigenvalue weighted by Gasteiger charge is 2.15. The summed E-state index contributed by atoms with van der Waals surface area (Å²) in [7, 11) is 0. The molecule has 2 nitrogen and oxygen atoms in total. The number of thiazole rings is 1. The molecule has 1 heterocycles. The number of rotatable bonds is 6. The molecule has 19 heavy (non-hydrogen) atoms. The Balaban J connectivity index is 2.23. The molecule has 102 valence electrons. The van der Waals surface area contributed by atoms with Crippen LogP contribution in [0.1, 0.15) is 29.8 Å². The molecule has 2 rings (SSSR count). The minimum Gasteiger partial charge on any atom is -0.310 e. The molecule has 0 fully saturated rings. The molecule has 1 atom stereocenters. The standard InChI is InChI=1S/C14H16Br2N2S/c1-2-5-18-14(7-11-8-17-9-19-11)12-6-10(15)3-4-13(12)16/h3-4,6,8-9,14,18H,2,5,7H2,1H3. The van der Waals surface area contributed by atoms with Crippen LogP contribution in [-0.4, -0.2) is 11.5 Å². The molecule has 0 aliphatic carbocycles. The Morgan fingerprint density at radius 2 is 2.21 bits per heavy atom. The molecule has 1 N–H and O–H groups in total. The lowest BCUT2D eigenvalue weighted by Gasteiger charge is -2.20. The molecule has 1 aromatic carbocycles. The first-order chi connectivity index (χ1) is 9.20. The summed E-state index contributed by atoms with van der Waals surface area (Å²) in [5.74, 6) is 0. The van der Waals surface area contributed by atoms with Crippen molar-refractivity contribution >= 4 is 43.2 Å². The Morgan fingerprint density at radius 3 is 2.89 bits per heavy atom. The highest BCUT2D eigenvalue weighted by atomic mass is 79.9. The van der Waals surface area contributed by atoms with Gasteiger partial charge in [0, 0.05) is 32.5 Å². The zero-order valence-corrected chi connectivity index (χ0v) is 14.7. The molecule has 1 unspecified atom stereocenters. The van der Waals surface area contributed by atoms with Crippen molar-refractivity contribution in [2.75, 3.05) is 6.54 Å². The Hall–Kier alpha value is -0.230. The van der Waals surface area contributed by atoms with Crippen LogP contribution in [0.4, 0.5) is 0 Å². The van der Waals surface area contributed by atoms with Gasteiger partial charge < -0.3 is 5.32 Å². The van der Waals surface area contributed by atoms with Crippen LogP contribution >= 0.6 is 43.2 Å². The average molecular weight is 404 g/mol. The molecular weight excluding hydrogens is 388 g/mol. The van der Waals surface area contributed by atoms with E-state index < -0.39 is 0 Å². The van der Waals surface area contributed by atoms with Crippen molar-refractivity contribution < 1.29 is 0 Å². The molecule has 1 aromatic heterocycles. The van der Waals surface area contributed by atoms with Crippen molar-refractivity contribution in [2.24, 2.45) is 0 Å². The summed E-state index contributed by atoms with van der Waals surface area (Å²) in [4.78, 5) is 5.46. The zero-order chi connectivity index (χ0) is 13.7. The molecular formula is C14H16Br2N2S. The van der Waals surface area contributed by atoms with Gasteiger partial charge in [0.05, 0.1) is 5.51 Å². The van der Waals surface area contributed by atoms with E-state index in [-0.39, 0.29) is 0 Å². The third kappa shape index (κ3) is 4.38. The van der Waals surface area contributed by atoms with Gasteiger partial charge in [0.2, 0.25) is 0 Å². The van der Waals surface area contributed by atoms with Gasteiger partial charge in [-0.15, -0.1) is 11.3 Å². The largest absolute Gasteiger partial charge is 0.310 e. The minimum absolute atomic E-state index is 0.312. The van der Waals surface area contributed by atoms with E-state index in [0.717, 1.165) is 28.3 Å². The van der Waals surface area contributed by atoms with Crippen LogP contribution in [0.2, 0.25) is 0 Å². The Bertz CT molecular complexity index is 514. The number of aromatic nitrogens is 1. The molecule has 5 heteroatoms. The zero-order valence-electron chi connectivity index (χ0n) is 10.7. The fraction of sp³-hybridized carbons (Fsp3) is 0.357. The van der Waals surface area contributed by atoms with E-state index >= 15 is 0 Å². The highest BCUT2D eigenvalue weighted by molar-refractivity contribution is 9.11. The van der Waals surface area contributed by atoms with E-state index in [4.69, 9.17) is 0 Å². The first-order valence-electron chi connectivity index (χ1n) is 6.26. The fourth-order valence-electron chi connectivity index (χ4n) is 1.94. The summed E-state index contributed by atoms with van der Waals surface area (Å²) in [6.45, 7) is 3.20. The molecule has 0 aliphatic heterocycles. The smallest absolute Gasteiger partial charge is 0.0794 e. The average Bonchev–Trinajstić information content (AvgIpc) is 2.90. The number of hydrogen-bond donors (Lipinski definition) is 1. The van der Waals surface area contributed by atoms with Gasteiger partial charge in [0.15, 0.2) is 0 Å². The maximum absolute atomic E-state index is 4.16. The van der Waals surface area contributed by atoms with E-state index in [1.807, 2.05) is 11.7 Å². The number of nitrogens with zero attached hydrogens (tertiary/aromatic N) is 1. The summed E-state index contributed by atoms with van der Waals surface area (Å²) in [5.41, 5.74) is 3.18. The fourth-order valence-corrected chi connectivity index (χ4v) is 3.48. The second kappa shape index (κ2) is 7.53. The van der Waals surface area contributed by atoms with Crippen molar-refractivity contribution in [1.82, 2.24) is 10.3 Å². The highest BCUT2D eigenvalue weighted by Crippen LogP contribution is 2.29. The van der Waals surface area contributed by atoms with Gasteiger partial charge in [0.1, 0.15) is 0 Å². The third-order valence-corrected chi connectivity index (χ3v) is 4.88. The molecule has 0 amide bonds. The first kappa shape index (κ1) is 15.2. The quantitative estimate of drug-likeness (QED) is 0.737. The van der Waals surface area contributed by atoms with Crippen LogP contribution in [0.15, 0.2) is 38.9 Å². The van der Waals surface area contributed by atoms with Crippen molar-refractivity contribution in [3.63, 3.8) is 0 Å². The lowest BCUT2D eigenvalue weighted by Crippen LogP contribution is -2.24. The monoisotopic (exact) mass is 402 g/mol. The number of nitrogens with one attached hydrogen (secondary N) is 1. The van der Waals surface area contributed by atoms with Crippen molar-refractivity contribution in [2.45, 2.75) is 25.8 Å². The lowest BCUT2D eigenvalue weighted by molar-refractivity contribution is 0.530. The number of benzene rings is 1. The van der Waals surface area contributed by atoms with E-state index in [1.165, 1.54) is 10.4 Å². The van der Waals surface area contributed by atoms with Crippen LogP contribution < -0.4 is 5.32 Å². The molecule has 0 aliphatic rings. The minimum atomic E-state index is 0.312. The number of halogens is 2. The second-order valence-electron chi connectivity index (χ2n) is 4.34. The molecule has 0 radical (unpaired) electrons. The third-order valence-electron chi connectivity index (χ3n) is 2.86. The van der Waals surface area contributed by atoms with Crippen LogP contribution in [0.25, 0.3) is 0 Å². The summed E-state index contributed by atoms with van der Waals surface area (Å²) >= 11 is 8.92. The Morgan fingerprint density at radius 1 is 1.37 bits per heavy atom. The number of hydrogen-bond acceptors (Lipinski definition) is 3. The van der Waals surface area contributed by atoms with Crippen molar-refractivity contribution in [3.05, 3.63) is 49.3 Å².